The lowest BCUT2D eigenvalue weighted by atomic mass is 10.2. The van der Waals surface area contributed by atoms with Crippen molar-refractivity contribution in [2.24, 2.45) is 0 Å². The number of rotatable bonds is 4. The number of thiazole rings is 1. The van der Waals surface area contributed by atoms with E-state index in [1.54, 1.807) is 46.6 Å². The topological polar surface area (TPSA) is 59.8 Å². The van der Waals surface area contributed by atoms with Gasteiger partial charge in [-0.25, -0.2) is 9.67 Å². The average molecular weight is 381 g/mol. The second kappa shape index (κ2) is 7.11. The Balaban J connectivity index is 1.53. The summed E-state index contributed by atoms with van der Waals surface area (Å²) in [6.07, 6.45) is 3.49. The van der Waals surface area contributed by atoms with Crippen LogP contribution in [0, 0.1) is 0 Å². The van der Waals surface area contributed by atoms with Crippen molar-refractivity contribution < 1.29 is 4.79 Å². The van der Waals surface area contributed by atoms with Crippen molar-refractivity contribution in [2.45, 2.75) is 0 Å². The molecule has 4 rings (SSSR count). The first-order valence-electron chi connectivity index (χ1n) is 7.82. The third-order valence-corrected chi connectivity index (χ3v) is 4.75. The van der Waals surface area contributed by atoms with Crippen molar-refractivity contribution in [3.63, 3.8) is 0 Å². The maximum atomic E-state index is 12.5. The van der Waals surface area contributed by atoms with Gasteiger partial charge in [0.15, 0.2) is 5.69 Å². The molecule has 4 aromatic rings. The van der Waals surface area contributed by atoms with Crippen LogP contribution in [0.5, 0.6) is 0 Å². The largest absolute Gasteiger partial charge is 0.321 e. The summed E-state index contributed by atoms with van der Waals surface area (Å²) < 4.78 is 1.62. The van der Waals surface area contributed by atoms with Crippen LogP contribution in [0.2, 0.25) is 5.02 Å². The molecule has 0 spiro atoms. The Labute approximate surface area is 158 Å². The van der Waals surface area contributed by atoms with E-state index in [1.807, 2.05) is 41.8 Å². The highest BCUT2D eigenvalue weighted by Crippen LogP contribution is 2.24. The normalized spacial score (nSPS) is 10.7. The van der Waals surface area contributed by atoms with Gasteiger partial charge in [-0.05, 0) is 36.4 Å². The molecule has 0 unspecified atom stereocenters. The van der Waals surface area contributed by atoms with E-state index in [0.29, 0.717) is 16.4 Å². The zero-order valence-corrected chi connectivity index (χ0v) is 15.0. The molecular weight excluding hydrogens is 368 g/mol. The molecule has 128 valence electrons. The molecule has 0 saturated carbocycles. The highest BCUT2D eigenvalue weighted by atomic mass is 35.5. The Morgan fingerprint density at radius 2 is 2.00 bits per heavy atom. The van der Waals surface area contributed by atoms with E-state index in [0.717, 1.165) is 16.3 Å². The summed E-state index contributed by atoms with van der Waals surface area (Å²) in [6.45, 7) is 0. The minimum absolute atomic E-state index is 0.276. The maximum absolute atomic E-state index is 12.5. The number of aromatic nitrogens is 3. The smallest absolute Gasteiger partial charge is 0.276 e. The number of hydrogen-bond donors (Lipinski definition) is 1. The SMILES string of the molecule is O=C(Nc1cccc(-c2nccs2)c1)c1ccn(-c2cccc(Cl)c2)n1. The first-order chi connectivity index (χ1) is 12.7. The van der Waals surface area contributed by atoms with E-state index < -0.39 is 0 Å². The number of carbonyl (C=O) groups excluding carboxylic acids is 1. The molecule has 0 aliphatic carbocycles. The lowest BCUT2D eigenvalue weighted by Gasteiger charge is -2.05. The summed E-state index contributed by atoms with van der Waals surface area (Å²) in [5, 5.41) is 10.6. The fourth-order valence-corrected chi connectivity index (χ4v) is 3.32. The molecule has 2 aromatic carbocycles. The minimum atomic E-state index is -0.276. The molecule has 2 heterocycles. The van der Waals surface area contributed by atoms with Gasteiger partial charge in [0.25, 0.3) is 5.91 Å². The molecule has 0 radical (unpaired) electrons. The zero-order valence-electron chi connectivity index (χ0n) is 13.5. The molecule has 0 bridgehead atoms. The Kier molecular flexibility index (Phi) is 4.51. The number of hydrogen-bond acceptors (Lipinski definition) is 4. The van der Waals surface area contributed by atoms with Crippen molar-refractivity contribution >= 4 is 34.5 Å². The van der Waals surface area contributed by atoms with Crippen LogP contribution in [0.3, 0.4) is 0 Å². The van der Waals surface area contributed by atoms with Gasteiger partial charge < -0.3 is 5.32 Å². The quantitative estimate of drug-likeness (QED) is 0.547. The predicted molar refractivity (Wildman–Crippen MR) is 104 cm³/mol. The molecule has 1 N–H and O–H groups in total. The number of carbonyl (C=O) groups is 1. The summed E-state index contributed by atoms with van der Waals surface area (Å²) in [4.78, 5) is 16.8. The highest BCUT2D eigenvalue weighted by molar-refractivity contribution is 7.13. The fraction of sp³-hybridized carbons (Fsp3) is 0. The Hall–Kier alpha value is -2.96. The predicted octanol–water partition coefficient (Wildman–Crippen LogP) is 4.90. The van der Waals surface area contributed by atoms with Crippen molar-refractivity contribution in [3.05, 3.63) is 83.1 Å². The third kappa shape index (κ3) is 3.51. The highest BCUT2D eigenvalue weighted by Gasteiger charge is 2.11. The van der Waals surface area contributed by atoms with Gasteiger partial charge in [-0.15, -0.1) is 11.3 Å². The first-order valence-corrected chi connectivity index (χ1v) is 9.08. The molecule has 0 fully saturated rings. The van der Waals surface area contributed by atoms with Gasteiger partial charge in [0.05, 0.1) is 5.69 Å². The molecule has 7 heteroatoms. The lowest BCUT2D eigenvalue weighted by molar-refractivity contribution is 0.102. The Morgan fingerprint density at radius 1 is 1.12 bits per heavy atom. The summed E-state index contributed by atoms with van der Waals surface area (Å²) in [7, 11) is 0. The van der Waals surface area contributed by atoms with E-state index in [9.17, 15) is 4.79 Å². The van der Waals surface area contributed by atoms with Gasteiger partial charge in [-0.3, -0.25) is 4.79 Å². The zero-order chi connectivity index (χ0) is 17.9. The van der Waals surface area contributed by atoms with Crippen LogP contribution in [0.1, 0.15) is 10.5 Å². The number of benzene rings is 2. The maximum Gasteiger partial charge on any atom is 0.276 e. The summed E-state index contributed by atoms with van der Waals surface area (Å²) in [6, 6.07) is 16.5. The van der Waals surface area contributed by atoms with Crippen molar-refractivity contribution in [2.75, 3.05) is 5.32 Å². The Bertz CT molecular complexity index is 1060. The second-order valence-electron chi connectivity index (χ2n) is 5.50. The molecule has 0 aliphatic heterocycles. The number of halogens is 1. The van der Waals surface area contributed by atoms with Crippen molar-refractivity contribution in [1.82, 2.24) is 14.8 Å². The van der Waals surface area contributed by atoms with E-state index >= 15 is 0 Å². The molecular formula is C19H13ClN4OS. The summed E-state index contributed by atoms with van der Waals surface area (Å²) >= 11 is 7.56. The molecule has 0 saturated heterocycles. The summed E-state index contributed by atoms with van der Waals surface area (Å²) in [5.41, 5.74) is 2.77. The molecule has 5 nitrogen and oxygen atoms in total. The molecule has 0 atom stereocenters. The van der Waals surface area contributed by atoms with Crippen LogP contribution < -0.4 is 5.32 Å². The van der Waals surface area contributed by atoms with Gasteiger partial charge in [-0.1, -0.05) is 29.8 Å². The van der Waals surface area contributed by atoms with E-state index in [-0.39, 0.29) is 5.91 Å². The molecule has 2 aromatic heterocycles. The number of amides is 1. The van der Waals surface area contributed by atoms with Crippen LogP contribution in [-0.4, -0.2) is 20.7 Å². The van der Waals surface area contributed by atoms with Crippen LogP contribution >= 0.6 is 22.9 Å². The van der Waals surface area contributed by atoms with Crippen LogP contribution in [0.15, 0.2) is 72.4 Å². The standard InChI is InChI=1S/C19H13ClN4OS/c20-14-4-2-6-16(12-14)24-9-7-17(23-24)18(25)22-15-5-1-3-13(11-15)19-21-8-10-26-19/h1-12H,(H,22,25). The third-order valence-electron chi connectivity index (χ3n) is 3.69. The number of nitrogens with zero attached hydrogens (tertiary/aromatic N) is 3. The first kappa shape index (κ1) is 16.5. The molecule has 0 aliphatic rings. The van der Waals surface area contributed by atoms with Crippen molar-refractivity contribution in [1.29, 1.82) is 0 Å². The monoisotopic (exact) mass is 380 g/mol. The van der Waals surface area contributed by atoms with E-state index in [1.165, 1.54) is 0 Å². The van der Waals surface area contributed by atoms with Crippen molar-refractivity contribution in [3.8, 4) is 16.3 Å². The van der Waals surface area contributed by atoms with Gasteiger partial charge >= 0.3 is 0 Å². The average Bonchev–Trinajstić information content (AvgIpc) is 3.34. The number of nitrogens with one attached hydrogen (secondary N) is 1. The molecule has 1 amide bonds. The molecule has 26 heavy (non-hydrogen) atoms. The fourth-order valence-electron chi connectivity index (χ4n) is 2.50. The summed E-state index contributed by atoms with van der Waals surface area (Å²) in [5.74, 6) is -0.276. The van der Waals surface area contributed by atoms with Crippen LogP contribution in [-0.2, 0) is 0 Å². The van der Waals surface area contributed by atoms with Gasteiger partial charge in [-0.2, -0.15) is 5.10 Å². The second-order valence-corrected chi connectivity index (χ2v) is 6.83. The van der Waals surface area contributed by atoms with Crippen LogP contribution in [0.4, 0.5) is 5.69 Å². The van der Waals surface area contributed by atoms with Gasteiger partial charge in [0.1, 0.15) is 5.01 Å². The van der Waals surface area contributed by atoms with Gasteiger partial charge in [0, 0.05) is 34.0 Å². The van der Waals surface area contributed by atoms with E-state index in [2.05, 4.69) is 15.4 Å². The lowest BCUT2D eigenvalue weighted by Crippen LogP contribution is -2.13. The minimum Gasteiger partial charge on any atom is -0.321 e. The van der Waals surface area contributed by atoms with Gasteiger partial charge in [0.2, 0.25) is 0 Å². The Morgan fingerprint density at radius 3 is 2.81 bits per heavy atom. The van der Waals surface area contributed by atoms with E-state index in [4.69, 9.17) is 11.6 Å². The van der Waals surface area contributed by atoms with Crippen LogP contribution in [0.25, 0.3) is 16.3 Å². The number of anilines is 1.